The second-order valence-corrected chi connectivity index (χ2v) is 7.18. The molecule has 0 saturated carbocycles. The molecule has 0 saturated heterocycles. The Morgan fingerprint density at radius 1 is 1.42 bits per heavy atom. The van der Waals surface area contributed by atoms with Gasteiger partial charge in [-0.1, -0.05) is 43.7 Å². The van der Waals surface area contributed by atoms with Gasteiger partial charge in [0.2, 0.25) is 5.91 Å². The third-order valence-electron chi connectivity index (χ3n) is 4.52. The van der Waals surface area contributed by atoms with Crippen LogP contribution in [0.15, 0.2) is 36.4 Å². The Morgan fingerprint density at radius 3 is 2.92 bits per heavy atom. The Labute approximate surface area is 146 Å². The molecule has 1 amide bonds. The smallest absolute Gasteiger partial charge is 0.249 e. The number of carbonyl (C=O) groups is 1. The lowest BCUT2D eigenvalue weighted by Gasteiger charge is -2.20. The number of amides is 1. The van der Waals surface area contributed by atoms with Gasteiger partial charge >= 0.3 is 0 Å². The summed E-state index contributed by atoms with van der Waals surface area (Å²) in [5.74, 6) is 0.505. The molecule has 1 heterocycles. The predicted molar refractivity (Wildman–Crippen MR) is 98.9 cm³/mol. The summed E-state index contributed by atoms with van der Waals surface area (Å²) in [5, 5.41) is 13.1. The summed E-state index contributed by atoms with van der Waals surface area (Å²) in [6.07, 6.45) is 7.58. The van der Waals surface area contributed by atoms with E-state index in [9.17, 15) is 10.1 Å². The van der Waals surface area contributed by atoms with Gasteiger partial charge in [0.15, 0.2) is 0 Å². The molecule has 1 aliphatic rings. The maximum Gasteiger partial charge on any atom is 0.249 e. The van der Waals surface area contributed by atoms with Crippen molar-refractivity contribution in [2.75, 3.05) is 5.32 Å². The molecule has 4 heteroatoms. The number of nitrogens with one attached hydrogen (secondary N) is 1. The molecule has 2 aromatic rings. The van der Waals surface area contributed by atoms with Crippen LogP contribution < -0.4 is 5.32 Å². The van der Waals surface area contributed by atoms with Crippen LogP contribution in [-0.4, -0.2) is 5.91 Å². The Bertz CT molecular complexity index is 799. The van der Waals surface area contributed by atoms with Gasteiger partial charge in [0.1, 0.15) is 11.1 Å². The molecular formula is C20H20N2OS. The number of rotatable bonds is 4. The Kier molecular flexibility index (Phi) is 5.12. The van der Waals surface area contributed by atoms with E-state index in [0.29, 0.717) is 16.5 Å². The van der Waals surface area contributed by atoms with Crippen LogP contribution in [-0.2, 0) is 17.6 Å². The number of nitrogens with zero attached hydrogens (tertiary/aromatic N) is 1. The zero-order valence-corrected chi connectivity index (χ0v) is 14.5. The maximum absolute atomic E-state index is 12.2. The first-order chi connectivity index (χ1) is 11.7. The third kappa shape index (κ3) is 3.58. The van der Waals surface area contributed by atoms with E-state index in [1.165, 1.54) is 17.4 Å². The van der Waals surface area contributed by atoms with Crippen LogP contribution in [0.1, 0.15) is 41.3 Å². The topological polar surface area (TPSA) is 52.9 Å². The number of thiophene rings is 1. The van der Waals surface area contributed by atoms with E-state index in [-0.39, 0.29) is 5.91 Å². The van der Waals surface area contributed by atoms with Crippen molar-refractivity contribution in [1.29, 1.82) is 5.26 Å². The molecule has 122 valence electrons. The van der Waals surface area contributed by atoms with Crippen LogP contribution in [0.4, 0.5) is 5.00 Å². The Balaban J connectivity index is 1.76. The van der Waals surface area contributed by atoms with E-state index in [1.807, 2.05) is 30.3 Å². The molecule has 0 bridgehead atoms. The average Bonchev–Trinajstić information content (AvgIpc) is 2.96. The maximum atomic E-state index is 12.2. The number of hydrogen-bond donors (Lipinski definition) is 1. The van der Waals surface area contributed by atoms with E-state index in [2.05, 4.69) is 18.3 Å². The van der Waals surface area contributed by atoms with Crippen molar-refractivity contribution in [3.8, 4) is 6.07 Å². The van der Waals surface area contributed by atoms with Gasteiger partial charge in [-0.25, -0.2) is 0 Å². The third-order valence-corrected chi connectivity index (χ3v) is 5.69. The molecule has 0 spiro atoms. The van der Waals surface area contributed by atoms with Gasteiger partial charge in [0.25, 0.3) is 0 Å². The van der Waals surface area contributed by atoms with Crippen molar-refractivity contribution in [3.63, 3.8) is 0 Å². The second-order valence-electron chi connectivity index (χ2n) is 6.07. The lowest BCUT2D eigenvalue weighted by molar-refractivity contribution is -0.111. The van der Waals surface area contributed by atoms with Crippen molar-refractivity contribution >= 4 is 28.3 Å². The number of anilines is 1. The summed E-state index contributed by atoms with van der Waals surface area (Å²) >= 11 is 1.57. The highest BCUT2D eigenvalue weighted by atomic mass is 32.1. The molecular weight excluding hydrogens is 316 g/mol. The van der Waals surface area contributed by atoms with E-state index in [0.717, 1.165) is 30.4 Å². The Morgan fingerprint density at radius 2 is 2.21 bits per heavy atom. The summed E-state index contributed by atoms with van der Waals surface area (Å²) in [4.78, 5) is 13.5. The predicted octanol–water partition coefficient (Wildman–Crippen LogP) is 4.79. The molecule has 1 N–H and O–H groups in total. The minimum atomic E-state index is -0.194. The standard InChI is InChI=1S/C20H20N2OS/c1-2-14-8-10-16-17(13-21)20(24-18(16)12-14)22-19(23)11-9-15-6-4-3-5-7-15/h3-7,9,11,14H,2,8,10,12H2,1H3,(H,22,23)/b11-9+/t14-/m1/s1. The summed E-state index contributed by atoms with van der Waals surface area (Å²) in [6, 6.07) is 12.0. The van der Waals surface area contributed by atoms with Crippen LogP contribution in [0.2, 0.25) is 0 Å². The molecule has 1 aliphatic carbocycles. The van der Waals surface area contributed by atoms with Gasteiger partial charge in [0.05, 0.1) is 5.56 Å². The Hall–Kier alpha value is -2.38. The molecule has 1 aromatic carbocycles. The molecule has 24 heavy (non-hydrogen) atoms. The highest BCUT2D eigenvalue weighted by molar-refractivity contribution is 7.16. The van der Waals surface area contributed by atoms with Crippen molar-refractivity contribution in [3.05, 3.63) is 58.0 Å². The molecule has 0 unspecified atom stereocenters. The molecule has 1 aromatic heterocycles. The van der Waals surface area contributed by atoms with Gasteiger partial charge in [-0.2, -0.15) is 5.26 Å². The summed E-state index contributed by atoms with van der Waals surface area (Å²) in [6.45, 7) is 2.21. The van der Waals surface area contributed by atoms with Crippen LogP contribution in [0, 0.1) is 17.2 Å². The lowest BCUT2D eigenvalue weighted by atomic mass is 9.86. The fraction of sp³-hybridized carbons (Fsp3) is 0.300. The zero-order valence-electron chi connectivity index (χ0n) is 13.7. The largest absolute Gasteiger partial charge is 0.313 e. The summed E-state index contributed by atoms with van der Waals surface area (Å²) in [7, 11) is 0. The van der Waals surface area contributed by atoms with Crippen molar-refractivity contribution in [2.24, 2.45) is 5.92 Å². The monoisotopic (exact) mass is 336 g/mol. The molecule has 0 aliphatic heterocycles. The zero-order chi connectivity index (χ0) is 16.9. The quantitative estimate of drug-likeness (QED) is 0.816. The first-order valence-corrected chi connectivity index (χ1v) is 9.11. The lowest BCUT2D eigenvalue weighted by Crippen LogP contribution is -2.12. The average molecular weight is 336 g/mol. The van der Waals surface area contributed by atoms with Crippen molar-refractivity contribution in [2.45, 2.75) is 32.6 Å². The van der Waals surface area contributed by atoms with Crippen LogP contribution >= 0.6 is 11.3 Å². The molecule has 0 fully saturated rings. The van der Waals surface area contributed by atoms with E-state index in [1.54, 1.807) is 17.4 Å². The molecule has 1 atom stereocenters. The van der Waals surface area contributed by atoms with E-state index >= 15 is 0 Å². The van der Waals surface area contributed by atoms with Gasteiger partial charge in [-0.3, -0.25) is 4.79 Å². The second kappa shape index (κ2) is 7.46. The fourth-order valence-electron chi connectivity index (χ4n) is 3.10. The van der Waals surface area contributed by atoms with Gasteiger partial charge in [-0.05, 0) is 42.4 Å². The highest BCUT2D eigenvalue weighted by Gasteiger charge is 2.25. The number of fused-ring (bicyclic) bond motifs is 1. The van der Waals surface area contributed by atoms with Gasteiger partial charge in [0, 0.05) is 11.0 Å². The van der Waals surface area contributed by atoms with Crippen LogP contribution in [0.25, 0.3) is 6.08 Å². The first-order valence-electron chi connectivity index (χ1n) is 8.30. The normalized spacial score (nSPS) is 16.6. The summed E-state index contributed by atoms with van der Waals surface area (Å²) < 4.78 is 0. The van der Waals surface area contributed by atoms with Gasteiger partial charge < -0.3 is 5.32 Å². The highest BCUT2D eigenvalue weighted by Crippen LogP contribution is 2.39. The molecule has 3 rings (SSSR count). The number of benzene rings is 1. The minimum Gasteiger partial charge on any atom is -0.313 e. The number of hydrogen-bond acceptors (Lipinski definition) is 3. The van der Waals surface area contributed by atoms with Crippen molar-refractivity contribution < 1.29 is 4.79 Å². The van der Waals surface area contributed by atoms with Gasteiger partial charge in [-0.15, -0.1) is 11.3 Å². The van der Waals surface area contributed by atoms with Crippen molar-refractivity contribution in [1.82, 2.24) is 0 Å². The van der Waals surface area contributed by atoms with E-state index < -0.39 is 0 Å². The number of carbonyl (C=O) groups excluding carboxylic acids is 1. The van der Waals surface area contributed by atoms with E-state index in [4.69, 9.17) is 0 Å². The molecule has 3 nitrogen and oxygen atoms in total. The number of nitriles is 1. The molecule has 0 radical (unpaired) electrons. The van der Waals surface area contributed by atoms with Crippen LogP contribution in [0.5, 0.6) is 0 Å². The fourth-order valence-corrected chi connectivity index (χ4v) is 4.41. The minimum absolute atomic E-state index is 0.194. The summed E-state index contributed by atoms with van der Waals surface area (Å²) in [5.41, 5.74) is 2.78. The van der Waals surface area contributed by atoms with Crippen LogP contribution in [0.3, 0.4) is 0 Å². The SMILES string of the molecule is CC[C@@H]1CCc2c(sc(NC(=O)/C=C/c3ccccc3)c2C#N)C1. The first kappa shape index (κ1) is 16.5.